The van der Waals surface area contributed by atoms with Gasteiger partial charge in [0.2, 0.25) is 0 Å². The van der Waals surface area contributed by atoms with Gasteiger partial charge in [0.25, 0.3) is 0 Å². The van der Waals surface area contributed by atoms with E-state index in [4.69, 9.17) is 0 Å². The van der Waals surface area contributed by atoms with Crippen molar-refractivity contribution < 1.29 is 4.21 Å². The van der Waals surface area contributed by atoms with E-state index in [1.54, 1.807) is 0 Å². The molecule has 0 amide bonds. The van der Waals surface area contributed by atoms with Crippen molar-refractivity contribution in [1.29, 1.82) is 0 Å². The zero-order valence-electron chi connectivity index (χ0n) is 10.6. The molecule has 0 heterocycles. The summed E-state index contributed by atoms with van der Waals surface area (Å²) in [5.74, 6) is 0. The lowest BCUT2D eigenvalue weighted by Gasteiger charge is -2.60. The third kappa shape index (κ3) is 1.71. The third-order valence-electron chi connectivity index (χ3n) is 4.34. The number of hydrogen-bond donors (Lipinski definition) is 1. The molecule has 2 rings (SSSR count). The molecule has 94 valence electrons. The summed E-state index contributed by atoms with van der Waals surface area (Å²) in [6, 6.07) is 10.7. The molecule has 1 saturated carbocycles. The van der Waals surface area contributed by atoms with Gasteiger partial charge in [-0.25, -0.2) is 0 Å². The van der Waals surface area contributed by atoms with Crippen LogP contribution in [0.2, 0.25) is 0 Å². The number of nitrogens with one attached hydrogen (secondary N) is 1. The van der Waals surface area contributed by atoms with Gasteiger partial charge in [0, 0.05) is 21.9 Å². The minimum absolute atomic E-state index is 0.00425. The fourth-order valence-corrected chi connectivity index (χ4v) is 6.04. The van der Waals surface area contributed by atoms with E-state index in [9.17, 15) is 4.21 Å². The quantitative estimate of drug-likeness (QED) is 0.854. The minimum Gasteiger partial charge on any atom is -0.316 e. The molecule has 4 atom stereocenters. The highest BCUT2D eigenvalue weighted by molar-refractivity contribution is 8.33. The van der Waals surface area contributed by atoms with Crippen molar-refractivity contribution in [2.75, 3.05) is 7.05 Å². The summed E-state index contributed by atoms with van der Waals surface area (Å²) in [6.45, 7) is 4.40. The van der Waals surface area contributed by atoms with Crippen molar-refractivity contribution in [2.24, 2.45) is 5.41 Å². The van der Waals surface area contributed by atoms with E-state index < -0.39 is 10.4 Å². The molecule has 1 aliphatic rings. The molecule has 0 saturated heterocycles. The van der Waals surface area contributed by atoms with Gasteiger partial charge in [0.05, 0.1) is 4.75 Å². The molecular formula is C13H20NOPS. The molecule has 1 N–H and O–H groups in total. The molecule has 0 aliphatic heterocycles. The average molecular weight is 269 g/mol. The fourth-order valence-electron chi connectivity index (χ4n) is 3.07. The molecule has 2 nitrogen and oxygen atoms in total. The molecule has 3 unspecified atom stereocenters. The predicted octanol–water partition coefficient (Wildman–Crippen LogP) is 2.44. The van der Waals surface area contributed by atoms with Gasteiger partial charge in [-0.05, 0) is 27.5 Å². The first-order valence-electron chi connectivity index (χ1n) is 5.86. The topological polar surface area (TPSA) is 29.1 Å². The second kappa shape index (κ2) is 4.46. The maximum absolute atomic E-state index is 12.3. The minimum atomic E-state index is -0.948. The van der Waals surface area contributed by atoms with Crippen molar-refractivity contribution in [3.8, 4) is 0 Å². The summed E-state index contributed by atoms with van der Waals surface area (Å²) in [7, 11) is 3.53. The second-order valence-corrected chi connectivity index (χ2v) is 7.83. The van der Waals surface area contributed by atoms with E-state index in [0.717, 1.165) is 6.42 Å². The summed E-state index contributed by atoms with van der Waals surface area (Å²) in [5, 5.41) is 3.33. The van der Waals surface area contributed by atoms with E-state index in [2.05, 4.69) is 39.7 Å². The van der Waals surface area contributed by atoms with Crippen LogP contribution >= 0.6 is 8.44 Å². The molecule has 0 aromatic heterocycles. The lowest BCUT2D eigenvalue weighted by molar-refractivity contribution is 0.0456. The molecule has 17 heavy (non-hydrogen) atoms. The molecule has 0 radical (unpaired) electrons. The first-order chi connectivity index (χ1) is 7.96. The Hall–Kier alpha value is -0.240. The molecule has 1 fully saturated rings. The van der Waals surface area contributed by atoms with Crippen LogP contribution < -0.4 is 5.32 Å². The molecular weight excluding hydrogens is 249 g/mol. The number of rotatable bonds is 3. The van der Waals surface area contributed by atoms with E-state index in [1.807, 2.05) is 25.2 Å². The summed E-state index contributed by atoms with van der Waals surface area (Å²) in [5.41, 5.74) is 1.18. The Morgan fingerprint density at radius 2 is 1.94 bits per heavy atom. The maximum Gasteiger partial charge on any atom is 0.0821 e. The first kappa shape index (κ1) is 13.2. The van der Waals surface area contributed by atoms with Crippen LogP contribution in [0.25, 0.3) is 0 Å². The standard InChI is InChI=1S/C13H20NOPS/c1-12(2)11(14-3)9-13(12,17(15)16)10-7-5-4-6-8-10/h4-8,11,14H,9,16H2,1-3H3/t11-,13?,17?/m1/s1. The second-order valence-electron chi connectivity index (χ2n) is 5.26. The summed E-state index contributed by atoms with van der Waals surface area (Å²) in [4.78, 5) is 0. The molecule has 1 aromatic carbocycles. The van der Waals surface area contributed by atoms with Gasteiger partial charge in [-0.2, -0.15) is 0 Å². The average Bonchev–Trinajstić information content (AvgIpc) is 2.29. The highest BCUT2D eigenvalue weighted by Crippen LogP contribution is 2.60. The highest BCUT2D eigenvalue weighted by Gasteiger charge is 2.62. The van der Waals surface area contributed by atoms with Crippen LogP contribution in [0.5, 0.6) is 0 Å². The normalized spacial score (nSPS) is 32.8. The zero-order chi connectivity index (χ0) is 12.7. The monoisotopic (exact) mass is 269 g/mol. The summed E-state index contributed by atoms with van der Waals surface area (Å²) in [6.07, 6.45) is 0.927. The Bertz CT molecular complexity index is 434. The third-order valence-corrected chi connectivity index (χ3v) is 7.16. The fraction of sp³-hybridized carbons (Fsp3) is 0.538. The van der Waals surface area contributed by atoms with Crippen LogP contribution in [-0.4, -0.2) is 17.3 Å². The van der Waals surface area contributed by atoms with Gasteiger partial charge in [0.1, 0.15) is 0 Å². The molecule has 0 spiro atoms. The first-order valence-corrected chi connectivity index (χ1v) is 8.48. The van der Waals surface area contributed by atoms with Gasteiger partial charge >= 0.3 is 0 Å². The van der Waals surface area contributed by atoms with E-state index in [1.165, 1.54) is 5.56 Å². The van der Waals surface area contributed by atoms with Gasteiger partial charge in [-0.1, -0.05) is 44.2 Å². The van der Waals surface area contributed by atoms with Crippen LogP contribution in [-0.2, 0) is 15.2 Å². The summed E-state index contributed by atoms with van der Waals surface area (Å²) < 4.78 is 12.0. The van der Waals surface area contributed by atoms with E-state index >= 15 is 0 Å². The Morgan fingerprint density at radius 3 is 2.35 bits per heavy atom. The zero-order valence-corrected chi connectivity index (χ0v) is 12.5. The van der Waals surface area contributed by atoms with E-state index in [-0.39, 0.29) is 10.2 Å². The SMILES string of the molecule is CN[C@@H]1CC(c2ccccc2)(S(=O)P)C1(C)C. The molecule has 1 aliphatic carbocycles. The molecule has 1 aromatic rings. The summed E-state index contributed by atoms with van der Waals surface area (Å²) >= 11 is 0. The van der Waals surface area contributed by atoms with Crippen molar-refractivity contribution >= 4 is 18.9 Å². The Kier molecular flexibility index (Phi) is 3.46. The van der Waals surface area contributed by atoms with Crippen molar-refractivity contribution in [3.05, 3.63) is 35.9 Å². The molecule has 0 bridgehead atoms. The Labute approximate surface area is 108 Å². The van der Waals surface area contributed by atoms with Crippen LogP contribution in [0.1, 0.15) is 25.8 Å². The van der Waals surface area contributed by atoms with Crippen molar-refractivity contribution in [1.82, 2.24) is 5.32 Å². The van der Waals surface area contributed by atoms with Gasteiger partial charge in [0.15, 0.2) is 0 Å². The van der Waals surface area contributed by atoms with Gasteiger partial charge in [-0.15, -0.1) is 0 Å². The van der Waals surface area contributed by atoms with E-state index in [0.29, 0.717) is 6.04 Å². The Balaban J connectivity index is 2.48. The predicted molar refractivity (Wildman–Crippen MR) is 77.2 cm³/mol. The molecule has 4 heteroatoms. The van der Waals surface area contributed by atoms with Crippen LogP contribution in [0.15, 0.2) is 30.3 Å². The van der Waals surface area contributed by atoms with Crippen LogP contribution in [0.3, 0.4) is 0 Å². The lowest BCUT2D eigenvalue weighted by atomic mass is 9.55. The van der Waals surface area contributed by atoms with Crippen molar-refractivity contribution in [2.45, 2.75) is 31.1 Å². The highest BCUT2D eigenvalue weighted by atomic mass is 32.7. The Morgan fingerprint density at radius 1 is 1.35 bits per heavy atom. The van der Waals surface area contributed by atoms with Crippen LogP contribution in [0, 0.1) is 5.41 Å². The lowest BCUT2D eigenvalue weighted by Crippen LogP contribution is -2.66. The number of benzene rings is 1. The number of hydrogen-bond acceptors (Lipinski definition) is 2. The van der Waals surface area contributed by atoms with Crippen molar-refractivity contribution in [3.63, 3.8) is 0 Å². The maximum atomic E-state index is 12.3. The largest absolute Gasteiger partial charge is 0.316 e. The smallest absolute Gasteiger partial charge is 0.0821 e. The van der Waals surface area contributed by atoms with Crippen LogP contribution in [0.4, 0.5) is 0 Å². The van der Waals surface area contributed by atoms with Gasteiger partial charge in [-0.3, -0.25) is 4.21 Å². The van der Waals surface area contributed by atoms with Gasteiger partial charge < -0.3 is 5.32 Å².